The van der Waals surface area contributed by atoms with Crippen LogP contribution in [0.5, 0.6) is 0 Å². The maximum atomic E-state index is 13.5. The van der Waals surface area contributed by atoms with E-state index in [9.17, 15) is 18.7 Å². The van der Waals surface area contributed by atoms with E-state index in [0.717, 1.165) is 16.8 Å². The number of fused-ring (bicyclic) bond motifs is 2. The van der Waals surface area contributed by atoms with Crippen molar-refractivity contribution in [1.29, 1.82) is 0 Å². The number of nitrogens with one attached hydrogen (secondary N) is 2. The molecule has 6 rings (SSSR count). The summed E-state index contributed by atoms with van der Waals surface area (Å²) in [7, 11) is 0. The third-order valence-electron chi connectivity index (χ3n) is 7.27. The largest absolute Gasteiger partial charge is 0.388 e. The van der Waals surface area contributed by atoms with Crippen molar-refractivity contribution in [3.8, 4) is 11.3 Å². The normalized spacial score (nSPS) is 17.5. The van der Waals surface area contributed by atoms with Crippen LogP contribution in [-0.4, -0.2) is 56.8 Å². The minimum Gasteiger partial charge on any atom is -0.388 e. The molecule has 1 aromatic carbocycles. The van der Waals surface area contributed by atoms with Crippen molar-refractivity contribution in [2.24, 2.45) is 0 Å². The molecular formula is C28H28F2N6O3. The average Bonchev–Trinajstić information content (AvgIpc) is 3.53. The third kappa shape index (κ3) is 4.57. The lowest BCUT2D eigenvalue weighted by molar-refractivity contribution is -0.0928. The molecule has 2 aliphatic rings. The molecule has 0 unspecified atom stereocenters. The zero-order valence-corrected chi connectivity index (χ0v) is 21.5. The number of hydrogen-bond acceptors (Lipinski definition) is 7. The van der Waals surface area contributed by atoms with Crippen LogP contribution in [0, 0.1) is 0 Å². The maximum Gasteiger partial charge on any atom is 0.267 e. The highest BCUT2D eigenvalue weighted by atomic mass is 19.3. The number of anilines is 3. The minimum absolute atomic E-state index is 0.143. The highest BCUT2D eigenvalue weighted by Crippen LogP contribution is 2.36. The van der Waals surface area contributed by atoms with Crippen molar-refractivity contribution < 1.29 is 23.4 Å². The summed E-state index contributed by atoms with van der Waals surface area (Å²) in [5.74, 6) is 0.344. The summed E-state index contributed by atoms with van der Waals surface area (Å²) >= 11 is 0. The van der Waals surface area contributed by atoms with Gasteiger partial charge < -0.3 is 25.4 Å². The Bertz CT molecular complexity index is 1550. The second-order valence-corrected chi connectivity index (χ2v) is 10.3. The molecule has 2 aliphatic heterocycles. The van der Waals surface area contributed by atoms with E-state index in [4.69, 9.17) is 4.74 Å². The van der Waals surface area contributed by atoms with Crippen molar-refractivity contribution in [3.63, 3.8) is 0 Å². The van der Waals surface area contributed by atoms with Gasteiger partial charge in [-0.25, -0.2) is 18.7 Å². The average molecular weight is 535 g/mol. The monoisotopic (exact) mass is 534 g/mol. The molecule has 3 aromatic heterocycles. The van der Waals surface area contributed by atoms with Crippen molar-refractivity contribution in [1.82, 2.24) is 19.7 Å². The number of carbonyl (C=O) groups excluding carboxylic acids is 1. The Morgan fingerprint density at radius 3 is 2.77 bits per heavy atom. The molecule has 0 spiro atoms. The lowest BCUT2D eigenvalue weighted by atomic mass is 9.99. The van der Waals surface area contributed by atoms with Crippen LogP contribution in [0.1, 0.15) is 41.8 Å². The summed E-state index contributed by atoms with van der Waals surface area (Å²) in [6.45, 7) is 5.54. The zero-order chi connectivity index (χ0) is 27.3. The predicted octanol–water partition coefficient (Wildman–Crippen LogP) is 4.30. The standard InChI is InChI=1S/C28H28F2N6O3/c1-28(2,38)22-15-35(10-11-39-22)16-5-8-23(31-12-16)34-20-7-6-17(19-13-33-27(37)24(19)20)21-14-32-26-18(25(29)30)4-3-9-36(21)26/h3-9,12,14,22,25,38H,10-11,13,15H2,1-2H3,(H,31,34)(H,33,37)/t22-/m0/s1. The second-order valence-electron chi connectivity index (χ2n) is 10.3. The van der Waals surface area contributed by atoms with Crippen LogP contribution >= 0.6 is 0 Å². The van der Waals surface area contributed by atoms with Crippen LogP contribution in [0.2, 0.25) is 0 Å². The molecule has 3 N–H and O–H groups in total. The minimum atomic E-state index is -2.64. The molecular weight excluding hydrogens is 506 g/mol. The Balaban J connectivity index is 1.28. The van der Waals surface area contributed by atoms with Crippen molar-refractivity contribution >= 4 is 28.7 Å². The van der Waals surface area contributed by atoms with E-state index in [-0.39, 0.29) is 23.2 Å². The summed E-state index contributed by atoms with van der Waals surface area (Å²) in [5, 5.41) is 16.5. The van der Waals surface area contributed by atoms with Gasteiger partial charge in [0.05, 0.1) is 52.8 Å². The number of amides is 1. The molecule has 39 heavy (non-hydrogen) atoms. The van der Waals surface area contributed by atoms with Crippen LogP contribution < -0.4 is 15.5 Å². The fourth-order valence-corrected chi connectivity index (χ4v) is 5.19. The molecule has 11 heteroatoms. The van der Waals surface area contributed by atoms with Gasteiger partial charge >= 0.3 is 0 Å². The lowest BCUT2D eigenvalue weighted by Crippen LogP contribution is -2.52. The highest BCUT2D eigenvalue weighted by Gasteiger charge is 2.33. The number of aliphatic hydroxyl groups is 1. The molecule has 4 aromatic rings. The Hall–Kier alpha value is -4.09. The van der Waals surface area contributed by atoms with E-state index in [1.54, 1.807) is 49.0 Å². The number of imidazole rings is 1. The Morgan fingerprint density at radius 1 is 1.18 bits per heavy atom. The molecule has 202 valence electrons. The fraction of sp³-hybridized carbons (Fsp3) is 0.321. The van der Waals surface area contributed by atoms with Gasteiger partial charge in [-0.15, -0.1) is 0 Å². The number of rotatable bonds is 6. The molecule has 0 radical (unpaired) electrons. The number of alkyl halides is 2. The smallest absolute Gasteiger partial charge is 0.267 e. The fourth-order valence-electron chi connectivity index (χ4n) is 5.19. The topological polar surface area (TPSA) is 104 Å². The number of morpholine rings is 1. The molecule has 0 bridgehead atoms. The number of hydrogen-bond donors (Lipinski definition) is 3. The summed E-state index contributed by atoms with van der Waals surface area (Å²) < 4.78 is 34.3. The quantitative estimate of drug-likeness (QED) is 0.339. The van der Waals surface area contributed by atoms with Gasteiger partial charge in [-0.05, 0) is 49.7 Å². The van der Waals surface area contributed by atoms with Gasteiger partial charge in [0, 0.05) is 31.4 Å². The number of halogens is 2. The Labute approximate surface area is 223 Å². The van der Waals surface area contributed by atoms with Crippen LogP contribution in [0.3, 0.4) is 0 Å². The molecule has 0 aliphatic carbocycles. The number of ether oxygens (including phenoxy) is 1. The van der Waals surface area contributed by atoms with E-state index in [2.05, 4.69) is 25.5 Å². The van der Waals surface area contributed by atoms with Crippen molar-refractivity contribution in [2.45, 2.75) is 38.5 Å². The summed E-state index contributed by atoms with van der Waals surface area (Å²) in [4.78, 5) is 23.8. The van der Waals surface area contributed by atoms with Gasteiger partial charge in [-0.1, -0.05) is 6.07 Å². The van der Waals surface area contributed by atoms with Crippen molar-refractivity contribution in [3.05, 3.63) is 71.7 Å². The molecule has 9 nitrogen and oxygen atoms in total. The van der Waals surface area contributed by atoms with E-state index >= 15 is 0 Å². The second kappa shape index (κ2) is 9.58. The first kappa shape index (κ1) is 25.2. The number of pyridine rings is 2. The van der Waals surface area contributed by atoms with E-state index < -0.39 is 12.0 Å². The summed E-state index contributed by atoms with van der Waals surface area (Å²) in [6.07, 6.45) is 2.05. The van der Waals surface area contributed by atoms with Gasteiger partial charge in [0.1, 0.15) is 17.6 Å². The SMILES string of the molecule is CC(C)(O)[C@@H]1CN(c2ccc(Nc3ccc(-c4cnc5c(C(F)F)cccn45)c4c3C(=O)NC4)nc2)CCO1. The Kier molecular flexibility index (Phi) is 6.19. The molecule has 1 saturated heterocycles. The number of carbonyl (C=O) groups is 1. The van der Waals surface area contributed by atoms with E-state index in [1.165, 1.54) is 6.07 Å². The lowest BCUT2D eigenvalue weighted by Gasteiger charge is -2.39. The van der Waals surface area contributed by atoms with Crippen LogP contribution in [0.25, 0.3) is 16.9 Å². The zero-order valence-electron chi connectivity index (χ0n) is 21.5. The molecule has 0 saturated carbocycles. The van der Waals surface area contributed by atoms with Gasteiger partial charge in [0.15, 0.2) is 0 Å². The first-order valence-corrected chi connectivity index (χ1v) is 12.7. The molecule has 5 heterocycles. The third-order valence-corrected chi connectivity index (χ3v) is 7.27. The van der Waals surface area contributed by atoms with Crippen LogP contribution in [0.15, 0.2) is 55.0 Å². The summed E-state index contributed by atoms with van der Waals surface area (Å²) in [6, 6.07) is 10.4. The van der Waals surface area contributed by atoms with Gasteiger partial charge in [-0.2, -0.15) is 0 Å². The predicted molar refractivity (Wildman–Crippen MR) is 143 cm³/mol. The van der Waals surface area contributed by atoms with Crippen LogP contribution in [0.4, 0.5) is 26.0 Å². The highest BCUT2D eigenvalue weighted by molar-refractivity contribution is 6.06. The van der Waals surface area contributed by atoms with E-state index in [0.29, 0.717) is 49.0 Å². The first-order chi connectivity index (χ1) is 18.7. The number of aromatic nitrogens is 3. The van der Waals surface area contributed by atoms with Crippen LogP contribution in [-0.2, 0) is 11.3 Å². The number of nitrogens with zero attached hydrogens (tertiary/aromatic N) is 4. The first-order valence-electron chi connectivity index (χ1n) is 12.7. The van der Waals surface area contributed by atoms with Crippen molar-refractivity contribution in [2.75, 3.05) is 29.9 Å². The molecule has 1 fully saturated rings. The molecule has 1 amide bonds. The molecule has 1 atom stereocenters. The maximum absolute atomic E-state index is 13.5. The van der Waals surface area contributed by atoms with Gasteiger partial charge in [0.25, 0.3) is 12.3 Å². The number of benzene rings is 1. The van der Waals surface area contributed by atoms with E-state index in [1.807, 2.05) is 18.2 Å². The summed E-state index contributed by atoms with van der Waals surface area (Å²) in [5.41, 5.74) is 3.22. The Morgan fingerprint density at radius 2 is 2.03 bits per heavy atom. The van der Waals surface area contributed by atoms with Gasteiger partial charge in [0.2, 0.25) is 0 Å². The van der Waals surface area contributed by atoms with Gasteiger partial charge in [-0.3, -0.25) is 9.20 Å².